The maximum absolute atomic E-state index is 13.1. The molecule has 10 nitrogen and oxygen atoms in total. The standard InChI is InChI=1S/C26H22Br2N2O8/c1-33-20-9-14(10-21(34-2)24(20)35-3)26(32)38-23-15(8-16(27)11-17(23)28)12-29-30-25(31)22-13-36-18-6-4-5-7-19(18)37-22/h4-12,22H,13H2,1-3H3,(H,30,31)/b29-12+/t22-/m1/s1. The van der Waals surface area contributed by atoms with E-state index in [1.807, 2.05) is 6.07 Å². The third kappa shape index (κ3) is 6.03. The Bertz CT molecular complexity index is 1370. The largest absolute Gasteiger partial charge is 0.493 e. The van der Waals surface area contributed by atoms with Crippen LogP contribution in [0.5, 0.6) is 34.5 Å². The number of esters is 1. The molecule has 1 amide bonds. The van der Waals surface area contributed by atoms with Crippen molar-refractivity contribution in [3.63, 3.8) is 0 Å². The molecule has 1 atom stereocenters. The van der Waals surface area contributed by atoms with Crippen LogP contribution in [0.3, 0.4) is 0 Å². The van der Waals surface area contributed by atoms with Crippen LogP contribution in [-0.2, 0) is 4.79 Å². The average molecular weight is 650 g/mol. The minimum Gasteiger partial charge on any atom is -0.493 e. The molecule has 0 bridgehead atoms. The van der Waals surface area contributed by atoms with Crippen molar-refractivity contribution in [3.8, 4) is 34.5 Å². The van der Waals surface area contributed by atoms with Gasteiger partial charge in [-0.15, -0.1) is 0 Å². The Morgan fingerprint density at radius 3 is 2.32 bits per heavy atom. The number of amides is 1. The van der Waals surface area contributed by atoms with Crippen LogP contribution >= 0.6 is 31.9 Å². The molecule has 1 aliphatic rings. The second-order valence-electron chi connectivity index (χ2n) is 7.71. The fourth-order valence-corrected chi connectivity index (χ4v) is 4.86. The summed E-state index contributed by atoms with van der Waals surface area (Å²) in [7, 11) is 4.36. The van der Waals surface area contributed by atoms with Crippen molar-refractivity contribution in [2.45, 2.75) is 6.10 Å². The number of fused-ring (bicyclic) bond motifs is 1. The van der Waals surface area contributed by atoms with E-state index in [2.05, 4.69) is 42.4 Å². The van der Waals surface area contributed by atoms with Crippen LogP contribution in [-0.4, -0.2) is 52.1 Å². The number of ether oxygens (including phenoxy) is 6. The molecule has 0 aliphatic carbocycles. The molecule has 198 valence electrons. The smallest absolute Gasteiger partial charge is 0.343 e. The van der Waals surface area contributed by atoms with Gasteiger partial charge in [-0.2, -0.15) is 5.10 Å². The number of nitrogens with one attached hydrogen (secondary N) is 1. The second kappa shape index (κ2) is 12.2. The second-order valence-corrected chi connectivity index (χ2v) is 9.48. The summed E-state index contributed by atoms with van der Waals surface area (Å²) in [6, 6.07) is 13.4. The van der Waals surface area contributed by atoms with Gasteiger partial charge in [-0.25, -0.2) is 10.2 Å². The monoisotopic (exact) mass is 648 g/mol. The van der Waals surface area contributed by atoms with Crippen LogP contribution in [0.1, 0.15) is 15.9 Å². The van der Waals surface area contributed by atoms with Gasteiger partial charge >= 0.3 is 5.97 Å². The minimum absolute atomic E-state index is 0.0401. The van der Waals surface area contributed by atoms with E-state index in [1.165, 1.54) is 39.7 Å². The maximum Gasteiger partial charge on any atom is 0.343 e. The van der Waals surface area contributed by atoms with Crippen LogP contribution in [0.15, 0.2) is 62.6 Å². The van der Waals surface area contributed by atoms with E-state index >= 15 is 0 Å². The van der Waals surface area contributed by atoms with E-state index in [4.69, 9.17) is 28.4 Å². The first-order chi connectivity index (χ1) is 18.3. The molecular weight excluding hydrogens is 628 g/mol. The Hall–Kier alpha value is -3.77. The lowest BCUT2D eigenvalue weighted by Gasteiger charge is -2.24. The molecule has 1 N–H and O–H groups in total. The van der Waals surface area contributed by atoms with E-state index in [0.717, 1.165) is 0 Å². The Morgan fingerprint density at radius 2 is 1.66 bits per heavy atom. The summed E-state index contributed by atoms with van der Waals surface area (Å²) in [5, 5.41) is 4.02. The Balaban J connectivity index is 1.52. The molecule has 0 fully saturated rings. The number of hydrogen-bond donors (Lipinski definition) is 1. The van der Waals surface area contributed by atoms with Crippen molar-refractivity contribution in [3.05, 3.63) is 68.6 Å². The Labute approximate surface area is 235 Å². The van der Waals surface area contributed by atoms with Crippen LogP contribution in [0.2, 0.25) is 0 Å². The summed E-state index contributed by atoms with van der Waals surface area (Å²) in [5.41, 5.74) is 3.00. The number of para-hydroxylation sites is 2. The van der Waals surface area contributed by atoms with Crippen molar-refractivity contribution in [2.75, 3.05) is 27.9 Å². The van der Waals surface area contributed by atoms with Gasteiger partial charge < -0.3 is 28.4 Å². The molecule has 12 heteroatoms. The fourth-order valence-electron chi connectivity index (χ4n) is 3.52. The molecule has 1 heterocycles. The molecule has 0 saturated carbocycles. The molecule has 1 aliphatic heterocycles. The van der Waals surface area contributed by atoms with Crippen LogP contribution in [0, 0.1) is 0 Å². The van der Waals surface area contributed by atoms with Gasteiger partial charge in [0.1, 0.15) is 6.61 Å². The summed E-state index contributed by atoms with van der Waals surface area (Å²) in [5.74, 6) is 0.979. The first kappa shape index (κ1) is 27.3. The molecule has 0 unspecified atom stereocenters. The maximum atomic E-state index is 13.1. The zero-order valence-corrected chi connectivity index (χ0v) is 23.6. The summed E-state index contributed by atoms with van der Waals surface area (Å²) in [6.07, 6.45) is 0.469. The number of carbonyl (C=O) groups excluding carboxylic acids is 2. The van der Waals surface area contributed by atoms with Gasteiger partial charge in [0, 0.05) is 10.0 Å². The number of nitrogens with zero attached hydrogens (tertiary/aromatic N) is 1. The van der Waals surface area contributed by atoms with E-state index in [-0.39, 0.29) is 17.9 Å². The molecule has 0 saturated heterocycles. The van der Waals surface area contributed by atoms with Crippen LogP contribution in [0.4, 0.5) is 0 Å². The van der Waals surface area contributed by atoms with Crippen molar-refractivity contribution in [2.24, 2.45) is 5.10 Å². The molecule has 0 radical (unpaired) electrons. The highest BCUT2D eigenvalue weighted by molar-refractivity contribution is 9.11. The molecule has 4 rings (SSSR count). The third-order valence-electron chi connectivity index (χ3n) is 5.31. The topological polar surface area (TPSA) is 114 Å². The van der Waals surface area contributed by atoms with Gasteiger partial charge in [-0.1, -0.05) is 28.1 Å². The molecule has 38 heavy (non-hydrogen) atoms. The van der Waals surface area contributed by atoms with Gasteiger partial charge in [-0.3, -0.25) is 4.79 Å². The van der Waals surface area contributed by atoms with Gasteiger partial charge in [0.15, 0.2) is 28.7 Å². The third-order valence-corrected chi connectivity index (χ3v) is 6.36. The number of carbonyl (C=O) groups is 2. The minimum atomic E-state index is -0.881. The van der Waals surface area contributed by atoms with Crippen molar-refractivity contribution < 1.29 is 38.0 Å². The zero-order chi connectivity index (χ0) is 27.2. The lowest BCUT2D eigenvalue weighted by Crippen LogP contribution is -2.42. The number of rotatable bonds is 8. The van der Waals surface area contributed by atoms with Gasteiger partial charge in [0.05, 0.1) is 37.6 Å². The zero-order valence-electron chi connectivity index (χ0n) is 20.4. The predicted octanol–water partition coefficient (Wildman–Crippen LogP) is 4.75. The summed E-state index contributed by atoms with van der Waals surface area (Å²) < 4.78 is 34.1. The van der Waals surface area contributed by atoms with Gasteiger partial charge in [0.25, 0.3) is 5.91 Å². The van der Waals surface area contributed by atoms with E-state index in [9.17, 15) is 9.59 Å². The van der Waals surface area contributed by atoms with Crippen molar-refractivity contribution in [1.29, 1.82) is 0 Å². The SMILES string of the molecule is COc1cc(C(=O)Oc2c(Br)cc(Br)cc2/C=N/NC(=O)[C@H]2COc3ccccc3O2)cc(OC)c1OC. The van der Waals surface area contributed by atoms with Crippen molar-refractivity contribution in [1.82, 2.24) is 5.43 Å². The first-order valence-corrected chi connectivity index (χ1v) is 12.7. The number of hydrazone groups is 1. The lowest BCUT2D eigenvalue weighted by molar-refractivity contribution is -0.130. The van der Waals surface area contributed by atoms with Crippen molar-refractivity contribution >= 4 is 50.0 Å². The molecular formula is C26H22Br2N2O8. The number of halogens is 2. The van der Waals surface area contributed by atoms with Gasteiger partial charge in [0.2, 0.25) is 11.9 Å². The van der Waals surface area contributed by atoms with Gasteiger partial charge in [-0.05, 0) is 52.3 Å². The number of hydrogen-bond acceptors (Lipinski definition) is 9. The predicted molar refractivity (Wildman–Crippen MR) is 145 cm³/mol. The van der Waals surface area contributed by atoms with E-state index in [1.54, 1.807) is 30.3 Å². The molecule has 0 spiro atoms. The van der Waals surface area contributed by atoms with Crippen LogP contribution < -0.4 is 33.8 Å². The lowest BCUT2D eigenvalue weighted by atomic mass is 10.1. The van der Waals surface area contributed by atoms with Crippen LogP contribution in [0.25, 0.3) is 0 Å². The summed E-state index contributed by atoms with van der Waals surface area (Å²) in [4.78, 5) is 25.7. The molecule has 3 aromatic rings. The fraction of sp³-hybridized carbons (Fsp3) is 0.192. The normalized spacial score (nSPS) is 14.1. The Kier molecular flexibility index (Phi) is 8.74. The molecule has 3 aromatic carbocycles. The Morgan fingerprint density at radius 1 is 0.974 bits per heavy atom. The highest BCUT2D eigenvalue weighted by Crippen LogP contribution is 2.39. The number of benzene rings is 3. The van der Waals surface area contributed by atoms with E-state index in [0.29, 0.717) is 43.3 Å². The highest BCUT2D eigenvalue weighted by atomic mass is 79.9. The first-order valence-electron chi connectivity index (χ1n) is 11.1. The summed E-state index contributed by atoms with van der Waals surface area (Å²) in [6.45, 7) is 0.0401. The quantitative estimate of drug-likeness (QED) is 0.161. The number of methoxy groups -OCH3 is 3. The molecule has 0 aromatic heterocycles. The highest BCUT2D eigenvalue weighted by Gasteiger charge is 2.27. The van der Waals surface area contributed by atoms with E-state index < -0.39 is 18.0 Å². The summed E-state index contributed by atoms with van der Waals surface area (Å²) >= 11 is 6.82. The average Bonchev–Trinajstić information content (AvgIpc) is 2.93.